The fourth-order valence-electron chi connectivity index (χ4n) is 1.17. The van der Waals surface area contributed by atoms with Crippen LogP contribution in [-0.4, -0.2) is 26.6 Å². The number of aliphatic hydroxyl groups excluding tert-OH is 1. The molecule has 0 radical (unpaired) electrons. The molecule has 0 aliphatic carbocycles. The van der Waals surface area contributed by atoms with Crippen LogP contribution in [0.3, 0.4) is 0 Å². The Morgan fingerprint density at radius 2 is 1.94 bits per heavy atom. The third kappa shape index (κ3) is 5.28. The SMILES string of the molecule is C=CC(CO)CCCO[Si](C)(C)C(C)(C)C. The molecular weight excluding hydrogens is 216 g/mol. The van der Waals surface area contributed by atoms with E-state index in [1.165, 1.54) is 0 Å². The molecule has 0 heterocycles. The van der Waals surface area contributed by atoms with Gasteiger partial charge in [0.2, 0.25) is 0 Å². The number of rotatable bonds is 7. The van der Waals surface area contributed by atoms with Crippen LogP contribution >= 0.6 is 0 Å². The van der Waals surface area contributed by atoms with Crippen molar-refractivity contribution in [2.45, 2.75) is 51.7 Å². The minimum atomic E-state index is -1.59. The molecule has 16 heavy (non-hydrogen) atoms. The van der Waals surface area contributed by atoms with E-state index < -0.39 is 8.32 Å². The molecule has 0 aromatic heterocycles. The molecule has 0 amide bonds. The van der Waals surface area contributed by atoms with Crippen LogP contribution in [0, 0.1) is 5.92 Å². The van der Waals surface area contributed by atoms with Crippen LogP contribution in [0.1, 0.15) is 33.6 Å². The summed E-state index contributed by atoms with van der Waals surface area (Å²) >= 11 is 0. The summed E-state index contributed by atoms with van der Waals surface area (Å²) in [6.07, 6.45) is 3.80. The van der Waals surface area contributed by atoms with Gasteiger partial charge in [-0.1, -0.05) is 26.8 Å². The van der Waals surface area contributed by atoms with Gasteiger partial charge in [-0.3, -0.25) is 0 Å². The Hall–Kier alpha value is -0.123. The maximum atomic E-state index is 9.01. The van der Waals surface area contributed by atoms with Gasteiger partial charge >= 0.3 is 0 Å². The third-order valence-electron chi connectivity index (χ3n) is 3.56. The Kier molecular flexibility index (Phi) is 6.52. The average Bonchev–Trinajstić information content (AvgIpc) is 2.16. The molecular formula is C13H28O2Si. The second kappa shape index (κ2) is 6.57. The van der Waals surface area contributed by atoms with Crippen molar-refractivity contribution in [2.75, 3.05) is 13.2 Å². The predicted octanol–water partition coefficient (Wildman–Crippen LogP) is 3.58. The first-order valence-electron chi connectivity index (χ1n) is 6.12. The minimum absolute atomic E-state index is 0.198. The lowest BCUT2D eigenvalue weighted by Gasteiger charge is -2.36. The summed E-state index contributed by atoms with van der Waals surface area (Å²) in [5.74, 6) is 0.225. The second-order valence-corrected chi connectivity index (χ2v) is 10.7. The zero-order chi connectivity index (χ0) is 12.8. The molecule has 1 unspecified atom stereocenters. The van der Waals surface area contributed by atoms with Crippen LogP contribution in [0.15, 0.2) is 12.7 Å². The Morgan fingerprint density at radius 3 is 2.31 bits per heavy atom. The van der Waals surface area contributed by atoms with E-state index in [1.807, 2.05) is 6.08 Å². The van der Waals surface area contributed by atoms with E-state index in [9.17, 15) is 0 Å². The van der Waals surface area contributed by atoms with Crippen LogP contribution in [-0.2, 0) is 4.43 Å². The van der Waals surface area contributed by atoms with Gasteiger partial charge in [-0.25, -0.2) is 0 Å². The summed E-state index contributed by atoms with van der Waals surface area (Å²) in [6, 6.07) is 0. The van der Waals surface area contributed by atoms with Gasteiger partial charge in [0, 0.05) is 13.2 Å². The number of aliphatic hydroxyl groups is 1. The predicted molar refractivity (Wildman–Crippen MR) is 73.2 cm³/mol. The van der Waals surface area contributed by atoms with Crippen molar-refractivity contribution < 1.29 is 9.53 Å². The van der Waals surface area contributed by atoms with Gasteiger partial charge in [-0.2, -0.15) is 0 Å². The van der Waals surface area contributed by atoms with Crippen LogP contribution in [0.25, 0.3) is 0 Å². The Bertz CT molecular complexity index is 206. The topological polar surface area (TPSA) is 29.5 Å². The molecule has 0 aliphatic rings. The minimum Gasteiger partial charge on any atom is -0.417 e. The summed E-state index contributed by atoms with van der Waals surface area (Å²) in [5, 5.41) is 9.29. The van der Waals surface area contributed by atoms with Crippen LogP contribution in [0.5, 0.6) is 0 Å². The molecule has 0 rings (SSSR count). The van der Waals surface area contributed by atoms with E-state index in [-0.39, 0.29) is 17.6 Å². The maximum Gasteiger partial charge on any atom is 0.191 e. The lowest BCUT2D eigenvalue weighted by atomic mass is 10.1. The highest BCUT2D eigenvalue weighted by Crippen LogP contribution is 2.36. The first kappa shape index (κ1) is 15.9. The van der Waals surface area contributed by atoms with Crippen molar-refractivity contribution in [2.24, 2.45) is 5.92 Å². The lowest BCUT2D eigenvalue weighted by molar-refractivity contribution is 0.226. The molecule has 0 spiro atoms. The Labute approximate surface area is 102 Å². The first-order chi connectivity index (χ1) is 7.24. The second-order valence-electron chi connectivity index (χ2n) is 5.93. The van der Waals surface area contributed by atoms with Crippen molar-refractivity contribution in [3.05, 3.63) is 12.7 Å². The summed E-state index contributed by atoms with van der Waals surface area (Å²) < 4.78 is 6.06. The van der Waals surface area contributed by atoms with Gasteiger partial charge in [0.05, 0.1) is 0 Å². The first-order valence-corrected chi connectivity index (χ1v) is 9.03. The van der Waals surface area contributed by atoms with E-state index in [0.29, 0.717) is 0 Å². The Balaban J connectivity index is 3.86. The van der Waals surface area contributed by atoms with E-state index in [0.717, 1.165) is 19.4 Å². The monoisotopic (exact) mass is 244 g/mol. The van der Waals surface area contributed by atoms with Crippen molar-refractivity contribution in [3.63, 3.8) is 0 Å². The highest BCUT2D eigenvalue weighted by molar-refractivity contribution is 6.74. The molecule has 1 N–H and O–H groups in total. The summed E-state index contributed by atoms with van der Waals surface area (Å²) in [6.45, 7) is 16.0. The zero-order valence-corrected chi connectivity index (χ0v) is 12.5. The van der Waals surface area contributed by atoms with Crippen LogP contribution in [0.4, 0.5) is 0 Å². The lowest BCUT2D eigenvalue weighted by Crippen LogP contribution is -2.41. The largest absolute Gasteiger partial charge is 0.417 e. The molecule has 0 aromatic carbocycles. The molecule has 0 aliphatic heterocycles. The van der Waals surface area contributed by atoms with Crippen molar-refractivity contribution >= 4 is 8.32 Å². The molecule has 0 bridgehead atoms. The quantitative estimate of drug-likeness (QED) is 0.421. The molecule has 1 atom stereocenters. The van der Waals surface area contributed by atoms with Crippen molar-refractivity contribution in [1.82, 2.24) is 0 Å². The fourth-order valence-corrected chi connectivity index (χ4v) is 2.26. The van der Waals surface area contributed by atoms with Gasteiger partial charge in [-0.05, 0) is 36.9 Å². The van der Waals surface area contributed by atoms with Gasteiger partial charge in [0.15, 0.2) is 8.32 Å². The summed E-state index contributed by atoms with van der Waals surface area (Å²) in [5.41, 5.74) is 0. The standard InChI is InChI=1S/C13H28O2Si/c1-7-12(11-14)9-8-10-15-16(5,6)13(2,3)4/h7,12,14H,1,8-11H2,2-6H3. The van der Waals surface area contributed by atoms with E-state index in [2.05, 4.69) is 40.4 Å². The number of hydrogen-bond acceptors (Lipinski definition) is 2. The molecule has 0 saturated heterocycles. The van der Waals surface area contributed by atoms with Crippen LogP contribution in [0.2, 0.25) is 18.1 Å². The highest BCUT2D eigenvalue weighted by Gasteiger charge is 2.36. The fraction of sp³-hybridized carbons (Fsp3) is 0.846. The Morgan fingerprint density at radius 1 is 1.38 bits per heavy atom. The van der Waals surface area contributed by atoms with E-state index >= 15 is 0 Å². The van der Waals surface area contributed by atoms with Gasteiger partial charge in [0.25, 0.3) is 0 Å². The van der Waals surface area contributed by atoms with Crippen LogP contribution < -0.4 is 0 Å². The van der Waals surface area contributed by atoms with Gasteiger partial charge in [0.1, 0.15) is 0 Å². The van der Waals surface area contributed by atoms with Crippen molar-refractivity contribution in [1.29, 1.82) is 0 Å². The van der Waals surface area contributed by atoms with Gasteiger partial charge < -0.3 is 9.53 Å². The smallest absolute Gasteiger partial charge is 0.191 e. The normalized spacial score (nSPS) is 14.9. The highest BCUT2D eigenvalue weighted by atomic mass is 28.4. The molecule has 0 fully saturated rings. The number of hydrogen-bond donors (Lipinski definition) is 1. The molecule has 3 heteroatoms. The molecule has 2 nitrogen and oxygen atoms in total. The molecule has 0 aromatic rings. The molecule has 96 valence electrons. The zero-order valence-electron chi connectivity index (χ0n) is 11.5. The summed E-state index contributed by atoms with van der Waals surface area (Å²) in [7, 11) is -1.59. The van der Waals surface area contributed by atoms with Crippen molar-refractivity contribution in [3.8, 4) is 0 Å². The average molecular weight is 244 g/mol. The molecule has 0 saturated carbocycles. The van der Waals surface area contributed by atoms with E-state index in [1.54, 1.807) is 0 Å². The van der Waals surface area contributed by atoms with Gasteiger partial charge in [-0.15, -0.1) is 6.58 Å². The van der Waals surface area contributed by atoms with E-state index in [4.69, 9.17) is 9.53 Å². The maximum absolute atomic E-state index is 9.01. The summed E-state index contributed by atoms with van der Waals surface area (Å²) in [4.78, 5) is 0. The third-order valence-corrected chi connectivity index (χ3v) is 8.09.